The molecule has 0 saturated carbocycles. The number of amides is 1. The van der Waals surface area contributed by atoms with E-state index in [0.29, 0.717) is 6.54 Å². The molecule has 0 fully saturated rings. The normalized spacial score (nSPS) is 13.2. The second kappa shape index (κ2) is 5.74. The molecule has 0 heterocycles. The van der Waals surface area contributed by atoms with Crippen LogP contribution in [0.15, 0.2) is 12.1 Å². The highest BCUT2D eigenvalue weighted by Crippen LogP contribution is 2.19. The van der Waals surface area contributed by atoms with Crippen molar-refractivity contribution in [1.82, 2.24) is 5.32 Å². The summed E-state index contributed by atoms with van der Waals surface area (Å²) in [6, 6.07) is 3.79. The Bertz CT molecular complexity index is 449. The molecule has 1 aromatic carbocycles. The lowest BCUT2D eigenvalue weighted by atomic mass is 9.87. The van der Waals surface area contributed by atoms with Gasteiger partial charge in [0.15, 0.2) is 0 Å². The second-order valence-corrected chi connectivity index (χ2v) is 6.44. The summed E-state index contributed by atoms with van der Waals surface area (Å²) >= 11 is 0. The van der Waals surface area contributed by atoms with Gasteiger partial charge in [0.25, 0.3) is 0 Å². The van der Waals surface area contributed by atoms with Crippen LogP contribution in [-0.4, -0.2) is 11.9 Å². The zero-order valence-electron chi connectivity index (χ0n) is 12.9. The number of benzene rings is 1. The van der Waals surface area contributed by atoms with E-state index >= 15 is 0 Å². The average Bonchev–Trinajstić information content (AvgIpc) is 2.24. The van der Waals surface area contributed by atoms with Crippen molar-refractivity contribution < 1.29 is 4.79 Å². The monoisotopic (exact) mass is 262 g/mol. The Labute approximate surface area is 116 Å². The van der Waals surface area contributed by atoms with Crippen LogP contribution < -0.4 is 11.1 Å². The van der Waals surface area contributed by atoms with Crippen LogP contribution >= 0.6 is 0 Å². The third-order valence-electron chi connectivity index (χ3n) is 3.50. The number of nitrogens with one attached hydrogen (secondary N) is 1. The van der Waals surface area contributed by atoms with Crippen LogP contribution in [0.25, 0.3) is 0 Å². The lowest BCUT2D eigenvalue weighted by Gasteiger charge is -2.26. The highest BCUT2D eigenvalue weighted by atomic mass is 16.2. The van der Waals surface area contributed by atoms with Crippen molar-refractivity contribution in [2.24, 2.45) is 11.1 Å². The van der Waals surface area contributed by atoms with Gasteiger partial charge in [-0.05, 0) is 42.9 Å². The van der Waals surface area contributed by atoms with E-state index in [1.807, 2.05) is 20.8 Å². The van der Waals surface area contributed by atoms with Gasteiger partial charge in [-0.3, -0.25) is 4.79 Å². The van der Waals surface area contributed by atoms with Crippen molar-refractivity contribution >= 4 is 5.91 Å². The largest absolute Gasteiger partial charge is 0.351 e. The molecule has 0 unspecified atom stereocenters. The Morgan fingerprint density at radius 3 is 2.11 bits per heavy atom. The van der Waals surface area contributed by atoms with Crippen LogP contribution in [0.5, 0.6) is 0 Å². The number of carbonyl (C=O) groups is 1. The Kier molecular flexibility index (Phi) is 4.75. The topological polar surface area (TPSA) is 55.1 Å². The van der Waals surface area contributed by atoms with Gasteiger partial charge in [-0.25, -0.2) is 0 Å². The summed E-state index contributed by atoms with van der Waals surface area (Å²) < 4.78 is 0. The highest BCUT2D eigenvalue weighted by Gasteiger charge is 2.27. The molecule has 0 aliphatic carbocycles. The second-order valence-electron chi connectivity index (χ2n) is 6.44. The third kappa shape index (κ3) is 4.06. The molecule has 0 aromatic heterocycles. The zero-order valence-corrected chi connectivity index (χ0v) is 12.9. The molecule has 106 valence electrons. The first-order valence-electron chi connectivity index (χ1n) is 6.73. The first kappa shape index (κ1) is 15.7. The summed E-state index contributed by atoms with van der Waals surface area (Å²) in [5.74, 6) is -0.0909. The summed E-state index contributed by atoms with van der Waals surface area (Å²) in [6.45, 7) is 12.7. The van der Waals surface area contributed by atoms with Gasteiger partial charge >= 0.3 is 0 Å². The molecule has 1 atom stereocenters. The van der Waals surface area contributed by atoms with Gasteiger partial charge in [0.1, 0.15) is 0 Å². The van der Waals surface area contributed by atoms with Crippen LogP contribution in [0.4, 0.5) is 0 Å². The van der Waals surface area contributed by atoms with E-state index in [1.165, 1.54) is 22.3 Å². The van der Waals surface area contributed by atoms with Crippen molar-refractivity contribution in [3.63, 3.8) is 0 Å². The molecule has 0 saturated heterocycles. The van der Waals surface area contributed by atoms with E-state index in [1.54, 1.807) is 0 Å². The molecule has 1 aromatic rings. The fourth-order valence-electron chi connectivity index (χ4n) is 2.17. The van der Waals surface area contributed by atoms with Crippen LogP contribution in [0.1, 0.15) is 43.0 Å². The fraction of sp³-hybridized carbons (Fsp3) is 0.562. The van der Waals surface area contributed by atoms with E-state index in [0.717, 1.165) is 0 Å². The van der Waals surface area contributed by atoms with Crippen molar-refractivity contribution in [2.75, 3.05) is 0 Å². The van der Waals surface area contributed by atoms with E-state index in [2.05, 4.69) is 38.2 Å². The van der Waals surface area contributed by atoms with Gasteiger partial charge in [-0.2, -0.15) is 0 Å². The number of aryl methyl sites for hydroxylation is 3. The number of rotatable bonds is 3. The predicted octanol–water partition coefficient (Wildman–Crippen LogP) is 2.60. The summed E-state index contributed by atoms with van der Waals surface area (Å²) in [4.78, 5) is 12.0. The van der Waals surface area contributed by atoms with Crippen LogP contribution in [0.3, 0.4) is 0 Å². The summed E-state index contributed by atoms with van der Waals surface area (Å²) in [7, 11) is 0. The molecule has 19 heavy (non-hydrogen) atoms. The predicted molar refractivity (Wildman–Crippen MR) is 79.9 cm³/mol. The maximum absolute atomic E-state index is 12.0. The summed E-state index contributed by atoms with van der Waals surface area (Å²) in [5, 5.41) is 2.94. The molecule has 0 aliphatic heterocycles. The van der Waals surface area contributed by atoms with Crippen LogP contribution in [0.2, 0.25) is 0 Å². The average molecular weight is 262 g/mol. The minimum absolute atomic E-state index is 0.0909. The number of hydrogen-bond donors (Lipinski definition) is 2. The molecule has 0 radical (unpaired) electrons. The Morgan fingerprint density at radius 1 is 1.21 bits per heavy atom. The third-order valence-corrected chi connectivity index (χ3v) is 3.50. The summed E-state index contributed by atoms with van der Waals surface area (Å²) in [6.07, 6.45) is 0. The Hall–Kier alpha value is -1.35. The maximum atomic E-state index is 12.0. The molecule has 3 nitrogen and oxygen atoms in total. The van der Waals surface area contributed by atoms with Gasteiger partial charge in [0.05, 0.1) is 6.04 Å². The Morgan fingerprint density at radius 2 is 1.68 bits per heavy atom. The molecule has 0 spiro atoms. The molecule has 3 heteroatoms. The standard InChI is InChI=1S/C16H26N2O/c1-10-7-11(2)13(12(3)8-10)9-18-15(19)14(17)16(4,5)6/h7-8,14H,9,17H2,1-6H3,(H,18,19)/t14-/m1/s1. The van der Waals surface area contributed by atoms with Gasteiger partial charge in [-0.15, -0.1) is 0 Å². The van der Waals surface area contributed by atoms with Crippen LogP contribution in [-0.2, 0) is 11.3 Å². The van der Waals surface area contributed by atoms with Crippen molar-refractivity contribution in [1.29, 1.82) is 0 Å². The molecule has 1 amide bonds. The number of hydrogen-bond acceptors (Lipinski definition) is 2. The molecule has 0 aliphatic rings. The number of carbonyl (C=O) groups excluding carboxylic acids is 1. The first-order valence-corrected chi connectivity index (χ1v) is 6.73. The zero-order chi connectivity index (χ0) is 14.8. The van der Waals surface area contributed by atoms with Gasteiger partial charge < -0.3 is 11.1 Å². The van der Waals surface area contributed by atoms with Gasteiger partial charge in [-0.1, -0.05) is 38.5 Å². The molecular weight excluding hydrogens is 236 g/mol. The molecule has 1 rings (SSSR count). The van der Waals surface area contributed by atoms with Crippen molar-refractivity contribution in [2.45, 2.75) is 54.1 Å². The molecule has 3 N–H and O–H groups in total. The minimum Gasteiger partial charge on any atom is -0.351 e. The first-order chi connectivity index (χ1) is 8.62. The quantitative estimate of drug-likeness (QED) is 0.879. The number of nitrogens with two attached hydrogens (primary N) is 1. The lowest BCUT2D eigenvalue weighted by Crippen LogP contribution is -2.48. The van der Waals surface area contributed by atoms with Crippen molar-refractivity contribution in [3.05, 3.63) is 34.4 Å². The van der Waals surface area contributed by atoms with E-state index in [4.69, 9.17) is 5.73 Å². The van der Waals surface area contributed by atoms with E-state index < -0.39 is 6.04 Å². The van der Waals surface area contributed by atoms with E-state index in [9.17, 15) is 4.79 Å². The molecular formula is C16H26N2O. The van der Waals surface area contributed by atoms with Crippen molar-refractivity contribution in [3.8, 4) is 0 Å². The fourth-order valence-corrected chi connectivity index (χ4v) is 2.17. The van der Waals surface area contributed by atoms with E-state index in [-0.39, 0.29) is 11.3 Å². The SMILES string of the molecule is Cc1cc(C)c(CNC(=O)[C@@H](N)C(C)(C)C)c(C)c1. The lowest BCUT2D eigenvalue weighted by molar-refractivity contribution is -0.124. The highest BCUT2D eigenvalue weighted by molar-refractivity contribution is 5.82. The molecule has 0 bridgehead atoms. The van der Waals surface area contributed by atoms with Gasteiger partial charge in [0.2, 0.25) is 5.91 Å². The van der Waals surface area contributed by atoms with Gasteiger partial charge in [0, 0.05) is 6.54 Å². The van der Waals surface area contributed by atoms with Crippen LogP contribution in [0, 0.1) is 26.2 Å². The smallest absolute Gasteiger partial charge is 0.237 e. The summed E-state index contributed by atoms with van der Waals surface area (Å²) in [5.41, 5.74) is 10.6. The Balaban J connectivity index is 2.76. The maximum Gasteiger partial charge on any atom is 0.237 e. The minimum atomic E-state index is -0.487.